The number of aromatic carboxylic acids is 1. The highest BCUT2D eigenvalue weighted by Crippen LogP contribution is 2.24. The Morgan fingerprint density at radius 3 is 2.50 bits per heavy atom. The fourth-order valence-corrected chi connectivity index (χ4v) is 3.50. The number of para-hydroxylation sites is 2. The maximum absolute atomic E-state index is 12.8. The number of anilines is 1. The first-order valence-corrected chi connectivity index (χ1v) is 10.4. The van der Waals surface area contributed by atoms with Crippen molar-refractivity contribution in [2.45, 2.75) is 0 Å². The Kier molecular flexibility index (Phi) is 5.45. The summed E-state index contributed by atoms with van der Waals surface area (Å²) in [6.45, 7) is 0. The number of nitrogens with zero attached hydrogens (tertiary/aromatic N) is 3. The third-order valence-electron chi connectivity index (χ3n) is 5.19. The lowest BCUT2D eigenvalue weighted by molar-refractivity contribution is 0.0697. The Morgan fingerprint density at radius 2 is 1.74 bits per heavy atom. The molecule has 0 atom stereocenters. The number of aromatic nitrogens is 2. The molecular weight excluding hydrogens is 432 g/mol. The van der Waals surface area contributed by atoms with Crippen molar-refractivity contribution in [1.82, 2.24) is 9.78 Å². The summed E-state index contributed by atoms with van der Waals surface area (Å²) in [5, 5.41) is 18.8. The predicted molar refractivity (Wildman–Crippen MR) is 130 cm³/mol. The molecule has 0 aliphatic heterocycles. The summed E-state index contributed by atoms with van der Waals surface area (Å²) >= 11 is 0. The largest absolute Gasteiger partial charge is 0.478 e. The molecule has 0 radical (unpaired) electrons. The molecule has 2 heterocycles. The van der Waals surface area contributed by atoms with E-state index in [9.17, 15) is 9.59 Å². The molecule has 0 saturated heterocycles. The fraction of sp³-hybridized carbons (Fsp3) is 0. The minimum Gasteiger partial charge on any atom is -0.478 e. The minimum atomic E-state index is -1.01. The Morgan fingerprint density at radius 1 is 1.00 bits per heavy atom. The van der Waals surface area contributed by atoms with Gasteiger partial charge in [-0.25, -0.2) is 14.3 Å². The van der Waals surface area contributed by atoms with Crippen molar-refractivity contribution < 1.29 is 14.3 Å². The molecule has 0 aliphatic carbocycles. The van der Waals surface area contributed by atoms with Crippen molar-refractivity contribution in [3.05, 3.63) is 113 Å². The number of carboxylic acids is 1. The third kappa shape index (κ3) is 4.20. The number of nitrogens with one attached hydrogen (secondary N) is 1. The van der Waals surface area contributed by atoms with Crippen molar-refractivity contribution in [3.8, 4) is 16.9 Å². The number of carboxylic acid groups (broad SMARTS) is 1. The molecule has 2 aromatic heterocycles. The van der Waals surface area contributed by atoms with Gasteiger partial charge in [-0.1, -0.05) is 36.4 Å². The van der Waals surface area contributed by atoms with Crippen molar-refractivity contribution in [2.24, 2.45) is 5.10 Å². The topological polar surface area (TPSA) is 110 Å². The molecule has 5 aromatic rings. The first-order valence-electron chi connectivity index (χ1n) is 10.4. The van der Waals surface area contributed by atoms with Crippen LogP contribution in [0.5, 0.6) is 0 Å². The average Bonchev–Trinajstić information content (AvgIpc) is 3.28. The van der Waals surface area contributed by atoms with E-state index in [-0.39, 0.29) is 5.56 Å². The smallest absolute Gasteiger partial charge is 0.345 e. The van der Waals surface area contributed by atoms with E-state index in [2.05, 4.69) is 15.6 Å². The molecule has 0 spiro atoms. The second-order valence-electron chi connectivity index (χ2n) is 7.45. The highest BCUT2D eigenvalue weighted by atomic mass is 16.4. The number of carbonyl (C=O) groups is 1. The quantitative estimate of drug-likeness (QED) is 0.219. The lowest BCUT2D eigenvalue weighted by atomic mass is 10.1. The molecule has 5 rings (SSSR count). The molecule has 8 heteroatoms. The summed E-state index contributed by atoms with van der Waals surface area (Å²) in [6.07, 6.45) is 3.29. The molecule has 0 aliphatic rings. The lowest BCUT2D eigenvalue weighted by Crippen LogP contribution is -2.05. The molecule has 166 valence electrons. The van der Waals surface area contributed by atoms with E-state index >= 15 is 0 Å². The van der Waals surface area contributed by atoms with Crippen molar-refractivity contribution >= 4 is 28.8 Å². The molecule has 8 nitrogen and oxygen atoms in total. The third-order valence-corrected chi connectivity index (χ3v) is 5.19. The Balaban J connectivity index is 1.59. The van der Waals surface area contributed by atoms with Gasteiger partial charge in [0.05, 0.1) is 28.7 Å². The second kappa shape index (κ2) is 8.87. The van der Waals surface area contributed by atoms with E-state index in [0.717, 1.165) is 11.1 Å². The summed E-state index contributed by atoms with van der Waals surface area (Å²) in [5.74, 6) is -1.01. The van der Waals surface area contributed by atoms with Gasteiger partial charge in [-0.3, -0.25) is 5.43 Å². The van der Waals surface area contributed by atoms with Crippen molar-refractivity contribution in [1.29, 1.82) is 0 Å². The number of benzene rings is 3. The standard InChI is InChI=1S/C26H18N4O4/c31-25(32)17-10-12-21(13-11-17)30-16-19(15-27-28-20-7-2-1-3-8-20)24(29-30)22-14-18-6-4-5-9-23(18)34-26(22)33/h1-16,28H,(H,31,32)/b27-15+. The highest BCUT2D eigenvalue weighted by Gasteiger charge is 2.17. The van der Waals surface area contributed by atoms with Crippen LogP contribution in [0.25, 0.3) is 27.9 Å². The molecule has 0 bridgehead atoms. The van der Waals surface area contributed by atoms with Crippen molar-refractivity contribution in [3.63, 3.8) is 0 Å². The SMILES string of the molecule is O=C(O)c1ccc(-n2cc(/C=N/Nc3ccccc3)c(-c3cc4ccccc4oc3=O)n2)cc1. The molecular formula is C26H18N4O4. The zero-order valence-electron chi connectivity index (χ0n) is 17.8. The van der Waals surface area contributed by atoms with Crippen LogP contribution in [0.15, 0.2) is 105 Å². The maximum Gasteiger partial charge on any atom is 0.345 e. The van der Waals surface area contributed by atoms with Crippen molar-refractivity contribution in [2.75, 3.05) is 5.43 Å². The van der Waals surface area contributed by atoms with E-state index in [1.807, 2.05) is 42.5 Å². The Hall–Kier alpha value is -4.98. The molecule has 0 amide bonds. The monoisotopic (exact) mass is 450 g/mol. The van der Waals surface area contributed by atoms with Gasteiger partial charge in [0.2, 0.25) is 0 Å². The summed E-state index contributed by atoms with van der Waals surface area (Å²) in [6, 6.07) is 24.7. The summed E-state index contributed by atoms with van der Waals surface area (Å²) in [4.78, 5) is 24.0. The number of rotatable bonds is 6. The van der Waals surface area contributed by atoms with Gasteiger partial charge in [-0.05, 0) is 48.5 Å². The first-order chi connectivity index (χ1) is 16.6. The second-order valence-corrected chi connectivity index (χ2v) is 7.45. The summed E-state index contributed by atoms with van der Waals surface area (Å²) in [7, 11) is 0. The van der Waals surface area contributed by atoms with Gasteiger partial charge in [-0.2, -0.15) is 10.2 Å². The zero-order chi connectivity index (χ0) is 23.5. The molecule has 0 unspecified atom stereocenters. The van der Waals surface area contributed by atoms with E-state index < -0.39 is 11.6 Å². The van der Waals surface area contributed by atoms with Gasteiger partial charge >= 0.3 is 11.6 Å². The van der Waals surface area contributed by atoms with Crippen LogP contribution in [0, 0.1) is 0 Å². The van der Waals surface area contributed by atoms with Crippen LogP contribution >= 0.6 is 0 Å². The lowest BCUT2D eigenvalue weighted by Gasteiger charge is -2.02. The highest BCUT2D eigenvalue weighted by molar-refractivity contribution is 5.91. The van der Waals surface area contributed by atoms with Crippen LogP contribution in [0.3, 0.4) is 0 Å². The maximum atomic E-state index is 12.8. The van der Waals surface area contributed by atoms with Crippen LogP contribution in [0.2, 0.25) is 0 Å². The Labute approximate surface area is 193 Å². The number of fused-ring (bicyclic) bond motifs is 1. The van der Waals surface area contributed by atoms with Gasteiger partial charge < -0.3 is 9.52 Å². The van der Waals surface area contributed by atoms with Gasteiger partial charge in [0.15, 0.2) is 0 Å². The normalized spacial score (nSPS) is 11.2. The van der Waals surface area contributed by atoms with Gasteiger partial charge in [0.25, 0.3) is 0 Å². The summed E-state index contributed by atoms with van der Waals surface area (Å²) < 4.78 is 7.07. The van der Waals surface area contributed by atoms with Gasteiger partial charge in [-0.15, -0.1) is 0 Å². The molecule has 0 fully saturated rings. The zero-order valence-corrected chi connectivity index (χ0v) is 17.8. The number of hydrazone groups is 1. The predicted octanol–water partition coefficient (Wildman–Crippen LogP) is 4.79. The molecule has 2 N–H and O–H groups in total. The van der Waals surface area contributed by atoms with E-state index in [1.54, 1.807) is 47.4 Å². The van der Waals surface area contributed by atoms with E-state index in [1.165, 1.54) is 12.1 Å². The minimum absolute atomic E-state index is 0.167. The van der Waals surface area contributed by atoms with Gasteiger partial charge in [0.1, 0.15) is 11.3 Å². The van der Waals surface area contributed by atoms with Crippen LogP contribution in [-0.2, 0) is 0 Å². The van der Waals surface area contributed by atoms with E-state index in [4.69, 9.17) is 9.52 Å². The summed E-state index contributed by atoms with van der Waals surface area (Å²) in [5.41, 5.74) is 5.78. The number of hydrogen-bond donors (Lipinski definition) is 2. The van der Waals surface area contributed by atoms with E-state index in [0.29, 0.717) is 28.1 Å². The van der Waals surface area contributed by atoms with Crippen LogP contribution in [-0.4, -0.2) is 27.1 Å². The van der Waals surface area contributed by atoms with Crippen LogP contribution in [0.4, 0.5) is 5.69 Å². The average molecular weight is 450 g/mol. The Bertz CT molecular complexity index is 1570. The first kappa shape index (κ1) is 20.9. The number of hydrogen-bond acceptors (Lipinski definition) is 6. The fourth-order valence-electron chi connectivity index (χ4n) is 3.50. The van der Waals surface area contributed by atoms with Gasteiger partial charge in [0, 0.05) is 17.1 Å². The molecule has 34 heavy (non-hydrogen) atoms. The molecule has 3 aromatic carbocycles. The van der Waals surface area contributed by atoms with Crippen LogP contribution in [0.1, 0.15) is 15.9 Å². The van der Waals surface area contributed by atoms with Crippen LogP contribution < -0.4 is 11.1 Å². The molecule has 0 saturated carbocycles.